The van der Waals surface area contributed by atoms with Crippen LogP contribution in [-0.2, 0) is 4.79 Å². The van der Waals surface area contributed by atoms with Crippen LogP contribution < -0.4 is 10.6 Å². The lowest BCUT2D eigenvalue weighted by Crippen LogP contribution is -2.45. The quantitative estimate of drug-likeness (QED) is 0.409. The van der Waals surface area contributed by atoms with E-state index < -0.39 is 23.7 Å². The van der Waals surface area contributed by atoms with Crippen molar-refractivity contribution < 1.29 is 15.0 Å². The molecule has 1 amide bonds. The van der Waals surface area contributed by atoms with E-state index in [9.17, 15) is 15.0 Å². The standard InChI is InChI=1S/C20H22N8O3/c1-20(19(31)22-3)9-12(15(29)16(20)30)28-10-23-14-17(21-2)25-13(26-18(14)28)7-6-11-5-4-8-24-27-11/h4-5,8,10,12,15-16,29-30H,9H2,1-3H3,(H,22,31)(H,21,25,26)/t12-,15+,16+,20?/m1/s1. The summed E-state index contributed by atoms with van der Waals surface area (Å²) in [6.45, 7) is 1.63. The van der Waals surface area contributed by atoms with Gasteiger partial charge in [0.25, 0.3) is 0 Å². The lowest BCUT2D eigenvalue weighted by Gasteiger charge is -2.26. The summed E-state index contributed by atoms with van der Waals surface area (Å²) < 4.78 is 1.66. The van der Waals surface area contributed by atoms with Gasteiger partial charge in [0, 0.05) is 20.3 Å². The van der Waals surface area contributed by atoms with Crippen LogP contribution in [-0.4, -0.2) is 72.1 Å². The molecule has 0 aromatic carbocycles. The molecule has 1 aliphatic rings. The Morgan fingerprint density at radius 2 is 2.10 bits per heavy atom. The Labute approximate surface area is 178 Å². The summed E-state index contributed by atoms with van der Waals surface area (Å²) in [7, 11) is 3.21. The van der Waals surface area contributed by atoms with Gasteiger partial charge in [-0.1, -0.05) is 0 Å². The van der Waals surface area contributed by atoms with Crippen LogP contribution in [0.15, 0.2) is 24.7 Å². The van der Waals surface area contributed by atoms with Crippen LogP contribution in [0.2, 0.25) is 0 Å². The summed E-state index contributed by atoms with van der Waals surface area (Å²) in [4.78, 5) is 25.6. The summed E-state index contributed by atoms with van der Waals surface area (Å²) in [6, 6.07) is 2.84. The molecule has 0 aliphatic heterocycles. The zero-order valence-electron chi connectivity index (χ0n) is 17.2. The van der Waals surface area contributed by atoms with Crippen molar-refractivity contribution in [3.63, 3.8) is 0 Å². The average Bonchev–Trinajstić information content (AvgIpc) is 3.32. The zero-order valence-corrected chi connectivity index (χ0v) is 17.2. The topological polar surface area (TPSA) is 151 Å². The number of amides is 1. The molecule has 0 spiro atoms. The Bertz CT molecular complexity index is 1190. The number of aromatic nitrogens is 6. The van der Waals surface area contributed by atoms with Crippen molar-refractivity contribution in [2.75, 3.05) is 19.4 Å². The third-order valence-corrected chi connectivity index (χ3v) is 5.64. The number of hydrogen-bond acceptors (Lipinski definition) is 9. The summed E-state index contributed by atoms with van der Waals surface area (Å²) in [5.41, 5.74) is 0.243. The van der Waals surface area contributed by atoms with Crippen molar-refractivity contribution >= 4 is 22.9 Å². The van der Waals surface area contributed by atoms with Crippen molar-refractivity contribution in [3.05, 3.63) is 36.2 Å². The molecule has 1 saturated carbocycles. The third kappa shape index (κ3) is 3.45. The van der Waals surface area contributed by atoms with Crippen LogP contribution in [0.3, 0.4) is 0 Å². The number of anilines is 1. The Balaban J connectivity index is 1.78. The molecular weight excluding hydrogens is 400 g/mol. The highest BCUT2D eigenvalue weighted by molar-refractivity contribution is 5.85. The molecule has 4 N–H and O–H groups in total. The van der Waals surface area contributed by atoms with E-state index in [4.69, 9.17) is 0 Å². The van der Waals surface area contributed by atoms with E-state index in [-0.39, 0.29) is 18.2 Å². The SMILES string of the molecule is CNC(=O)C1(C)C[C@@H](n2cnc3c(NC)nc(C#Cc4cccnn4)nc32)[C@H](O)[C@@H]1O. The van der Waals surface area contributed by atoms with E-state index in [1.54, 1.807) is 36.9 Å². The maximum Gasteiger partial charge on any atom is 0.228 e. The molecule has 160 valence electrons. The predicted octanol–water partition coefficient (Wildman–Crippen LogP) is -0.523. The molecule has 0 bridgehead atoms. The number of nitrogens with zero attached hydrogens (tertiary/aromatic N) is 6. The second-order valence-electron chi connectivity index (χ2n) is 7.53. The fourth-order valence-corrected chi connectivity index (χ4v) is 3.92. The summed E-state index contributed by atoms with van der Waals surface area (Å²) in [6.07, 6.45) is 0.869. The Morgan fingerprint density at radius 3 is 2.77 bits per heavy atom. The minimum atomic E-state index is -1.24. The molecule has 3 aromatic rings. The molecule has 3 heterocycles. The van der Waals surface area contributed by atoms with Gasteiger partial charge in [-0.3, -0.25) is 4.79 Å². The second kappa shape index (κ2) is 7.90. The number of carbonyl (C=O) groups is 1. The number of aliphatic hydroxyl groups is 2. The number of carbonyl (C=O) groups excluding carboxylic acids is 1. The van der Waals surface area contributed by atoms with Gasteiger partial charge in [0.05, 0.1) is 23.9 Å². The maximum atomic E-state index is 12.4. The first-order valence-corrected chi connectivity index (χ1v) is 9.69. The number of rotatable bonds is 3. The highest BCUT2D eigenvalue weighted by Crippen LogP contribution is 2.45. The Hall–Kier alpha value is -3.62. The summed E-state index contributed by atoms with van der Waals surface area (Å²) in [5.74, 6) is 6.08. The number of aliphatic hydroxyl groups excluding tert-OH is 2. The van der Waals surface area contributed by atoms with Crippen LogP contribution in [0.25, 0.3) is 11.2 Å². The first-order valence-electron chi connectivity index (χ1n) is 9.69. The smallest absolute Gasteiger partial charge is 0.228 e. The van der Waals surface area contributed by atoms with E-state index in [1.165, 1.54) is 13.4 Å². The first kappa shape index (κ1) is 20.6. The van der Waals surface area contributed by atoms with E-state index in [1.807, 2.05) is 0 Å². The lowest BCUT2D eigenvalue weighted by molar-refractivity contribution is -0.136. The number of fused-ring (bicyclic) bond motifs is 1. The highest BCUT2D eigenvalue weighted by atomic mass is 16.3. The van der Waals surface area contributed by atoms with Gasteiger partial charge in [-0.05, 0) is 37.3 Å². The van der Waals surface area contributed by atoms with Crippen molar-refractivity contribution in [1.29, 1.82) is 0 Å². The molecule has 11 heteroatoms. The fraction of sp³-hybridized carbons (Fsp3) is 0.400. The molecular formula is C20H22N8O3. The van der Waals surface area contributed by atoms with Gasteiger partial charge in [0.15, 0.2) is 17.0 Å². The van der Waals surface area contributed by atoms with Gasteiger partial charge >= 0.3 is 0 Å². The molecule has 1 fully saturated rings. The predicted molar refractivity (Wildman–Crippen MR) is 111 cm³/mol. The van der Waals surface area contributed by atoms with Crippen molar-refractivity contribution in [2.24, 2.45) is 5.41 Å². The van der Waals surface area contributed by atoms with Crippen LogP contribution in [0.4, 0.5) is 5.82 Å². The molecule has 4 atom stereocenters. The van der Waals surface area contributed by atoms with E-state index in [0.29, 0.717) is 22.7 Å². The molecule has 3 aromatic heterocycles. The molecule has 0 radical (unpaired) electrons. The fourth-order valence-electron chi connectivity index (χ4n) is 3.92. The van der Waals surface area contributed by atoms with Crippen LogP contribution in [0, 0.1) is 17.3 Å². The first-order chi connectivity index (χ1) is 14.9. The monoisotopic (exact) mass is 422 g/mol. The van der Waals surface area contributed by atoms with Gasteiger partial charge in [-0.2, -0.15) is 5.10 Å². The summed E-state index contributed by atoms with van der Waals surface area (Å²) in [5, 5.41) is 34.6. The molecule has 4 rings (SSSR count). The molecule has 11 nitrogen and oxygen atoms in total. The minimum absolute atomic E-state index is 0.208. The van der Waals surface area contributed by atoms with Crippen LogP contribution in [0.1, 0.15) is 30.9 Å². The molecule has 1 aliphatic carbocycles. The Morgan fingerprint density at radius 1 is 1.29 bits per heavy atom. The van der Waals surface area contributed by atoms with E-state index >= 15 is 0 Å². The van der Waals surface area contributed by atoms with Crippen LogP contribution >= 0.6 is 0 Å². The molecule has 0 saturated heterocycles. The van der Waals surface area contributed by atoms with Gasteiger partial charge in [0.1, 0.15) is 11.8 Å². The normalized spacial score (nSPS) is 25.1. The number of hydrogen-bond donors (Lipinski definition) is 4. The minimum Gasteiger partial charge on any atom is -0.389 e. The Kier molecular flexibility index (Phi) is 5.26. The maximum absolute atomic E-state index is 12.4. The average molecular weight is 422 g/mol. The summed E-state index contributed by atoms with van der Waals surface area (Å²) >= 11 is 0. The van der Waals surface area contributed by atoms with Crippen molar-refractivity contribution in [3.8, 4) is 11.8 Å². The third-order valence-electron chi connectivity index (χ3n) is 5.64. The molecule has 1 unspecified atom stereocenters. The van der Waals surface area contributed by atoms with Crippen LogP contribution in [0.5, 0.6) is 0 Å². The van der Waals surface area contributed by atoms with Gasteiger partial charge < -0.3 is 25.4 Å². The number of imidazole rings is 1. The zero-order chi connectivity index (χ0) is 22.2. The van der Waals surface area contributed by atoms with E-state index in [2.05, 4.69) is 47.6 Å². The largest absolute Gasteiger partial charge is 0.389 e. The molecule has 31 heavy (non-hydrogen) atoms. The number of nitrogens with one attached hydrogen (secondary N) is 2. The van der Waals surface area contributed by atoms with Gasteiger partial charge in [0.2, 0.25) is 11.7 Å². The van der Waals surface area contributed by atoms with Crippen molar-refractivity contribution in [2.45, 2.75) is 31.6 Å². The highest BCUT2D eigenvalue weighted by Gasteiger charge is 2.54. The van der Waals surface area contributed by atoms with Gasteiger partial charge in [-0.25, -0.2) is 15.0 Å². The van der Waals surface area contributed by atoms with E-state index in [0.717, 1.165) is 0 Å². The van der Waals surface area contributed by atoms with Crippen molar-refractivity contribution in [1.82, 2.24) is 35.0 Å². The van der Waals surface area contributed by atoms with Gasteiger partial charge in [-0.15, -0.1) is 5.10 Å². The lowest BCUT2D eigenvalue weighted by atomic mass is 9.85. The second-order valence-corrected chi connectivity index (χ2v) is 7.53.